The second kappa shape index (κ2) is 7.18. The number of nitrogens with zero attached hydrogens (tertiary/aromatic N) is 5. The number of nitrogens with one attached hydrogen (secondary N) is 1. The van der Waals surface area contributed by atoms with E-state index in [2.05, 4.69) is 25.6 Å². The highest BCUT2D eigenvalue weighted by atomic mass is 16.5. The number of hydrogen-bond acceptors (Lipinski definition) is 7. The molecule has 9 nitrogen and oxygen atoms in total. The normalized spacial score (nSPS) is 11.2. The number of amides is 1. The van der Waals surface area contributed by atoms with Gasteiger partial charge >= 0.3 is 5.91 Å². The van der Waals surface area contributed by atoms with Crippen LogP contribution in [0.3, 0.4) is 0 Å². The maximum Gasteiger partial charge on any atom is 0.311 e. The van der Waals surface area contributed by atoms with Crippen LogP contribution >= 0.6 is 0 Å². The van der Waals surface area contributed by atoms with Crippen molar-refractivity contribution < 1.29 is 14.6 Å². The summed E-state index contributed by atoms with van der Waals surface area (Å²) in [5, 5.41) is 17.7. The van der Waals surface area contributed by atoms with Crippen LogP contribution in [-0.2, 0) is 0 Å². The minimum atomic E-state index is -0.549. The number of phenols is 1. The minimum absolute atomic E-state index is 0.0240. The third-order valence-corrected chi connectivity index (χ3v) is 3.48. The van der Waals surface area contributed by atoms with E-state index in [-0.39, 0.29) is 11.6 Å². The van der Waals surface area contributed by atoms with E-state index in [0.717, 1.165) is 11.4 Å². The molecule has 0 radical (unpaired) electrons. The van der Waals surface area contributed by atoms with Crippen LogP contribution in [-0.4, -0.2) is 43.4 Å². The first-order valence-corrected chi connectivity index (χ1v) is 7.98. The van der Waals surface area contributed by atoms with E-state index in [4.69, 9.17) is 4.74 Å². The van der Waals surface area contributed by atoms with Crippen LogP contribution in [0.4, 0.5) is 0 Å². The summed E-state index contributed by atoms with van der Waals surface area (Å²) >= 11 is 0. The first-order chi connectivity index (χ1) is 12.5. The van der Waals surface area contributed by atoms with Crippen molar-refractivity contribution in [2.45, 2.75) is 20.8 Å². The quantitative estimate of drug-likeness (QED) is 0.531. The van der Waals surface area contributed by atoms with Gasteiger partial charge in [-0.25, -0.2) is 14.9 Å². The van der Waals surface area contributed by atoms with Gasteiger partial charge in [0.1, 0.15) is 0 Å². The molecule has 0 spiro atoms. The van der Waals surface area contributed by atoms with Crippen molar-refractivity contribution in [3.8, 4) is 11.5 Å². The number of hydrogen-bond donors (Lipinski definition) is 2. The molecule has 0 aliphatic heterocycles. The van der Waals surface area contributed by atoms with Gasteiger partial charge in [0.15, 0.2) is 11.5 Å². The van der Waals surface area contributed by atoms with Crippen LogP contribution in [0.25, 0.3) is 5.78 Å². The molecular weight excluding hydrogens is 336 g/mol. The number of aryl methyl sites for hydroxylation is 2. The van der Waals surface area contributed by atoms with Gasteiger partial charge in [0.25, 0.3) is 5.78 Å². The standard InChI is InChI=1S/C17H18N6O3/c1-4-26-14-8-12(5-6-13(14)24)9-18-21-16(25)15-20-17-19-10(2)7-11(3)23(17)22-15/h5-9,24H,4H2,1-3H3,(H,21,25)/b18-9-. The van der Waals surface area contributed by atoms with Crippen molar-refractivity contribution >= 4 is 17.9 Å². The smallest absolute Gasteiger partial charge is 0.311 e. The topological polar surface area (TPSA) is 114 Å². The van der Waals surface area contributed by atoms with E-state index in [1.54, 1.807) is 12.1 Å². The molecule has 2 N–H and O–H groups in total. The van der Waals surface area contributed by atoms with Gasteiger partial charge in [0, 0.05) is 11.4 Å². The molecule has 0 atom stereocenters. The predicted octanol–water partition coefficient (Wildman–Crippen LogP) is 1.61. The summed E-state index contributed by atoms with van der Waals surface area (Å²) in [5.41, 5.74) is 4.65. The van der Waals surface area contributed by atoms with Crippen LogP contribution < -0.4 is 10.2 Å². The lowest BCUT2D eigenvalue weighted by molar-refractivity contribution is 0.0945. The summed E-state index contributed by atoms with van der Waals surface area (Å²) in [7, 11) is 0. The van der Waals surface area contributed by atoms with Crippen LogP contribution in [0.2, 0.25) is 0 Å². The molecule has 2 heterocycles. The third-order valence-electron chi connectivity index (χ3n) is 3.48. The lowest BCUT2D eigenvalue weighted by atomic mass is 10.2. The van der Waals surface area contributed by atoms with Crippen molar-refractivity contribution in [1.29, 1.82) is 0 Å². The van der Waals surface area contributed by atoms with Crippen molar-refractivity contribution in [2.24, 2.45) is 5.10 Å². The van der Waals surface area contributed by atoms with E-state index in [1.165, 1.54) is 16.8 Å². The third kappa shape index (κ3) is 3.61. The lowest BCUT2D eigenvalue weighted by Crippen LogP contribution is -2.19. The van der Waals surface area contributed by atoms with E-state index in [9.17, 15) is 9.90 Å². The molecule has 1 amide bonds. The Kier molecular flexibility index (Phi) is 4.78. The molecule has 3 rings (SSSR count). The summed E-state index contributed by atoms with van der Waals surface area (Å²) in [6, 6.07) is 6.61. The van der Waals surface area contributed by atoms with Gasteiger partial charge in [-0.1, -0.05) is 0 Å². The average molecular weight is 354 g/mol. The number of rotatable bonds is 5. The first kappa shape index (κ1) is 17.3. The fraction of sp³-hybridized carbons (Fsp3) is 0.235. The molecule has 3 aromatic rings. The molecule has 0 fully saturated rings. The minimum Gasteiger partial charge on any atom is -0.504 e. The van der Waals surface area contributed by atoms with E-state index in [1.807, 2.05) is 26.8 Å². The maximum atomic E-state index is 12.2. The number of hydrazone groups is 1. The maximum absolute atomic E-state index is 12.2. The summed E-state index contributed by atoms with van der Waals surface area (Å²) in [5.74, 6) is 0.176. The molecule has 0 aliphatic carbocycles. The summed E-state index contributed by atoms with van der Waals surface area (Å²) in [6.45, 7) is 5.95. The van der Waals surface area contributed by atoms with E-state index < -0.39 is 5.91 Å². The molecule has 2 aromatic heterocycles. The zero-order valence-corrected chi connectivity index (χ0v) is 14.6. The average Bonchev–Trinajstić information content (AvgIpc) is 3.02. The van der Waals surface area contributed by atoms with Crippen LogP contribution in [0.5, 0.6) is 11.5 Å². The molecule has 0 bridgehead atoms. The first-order valence-electron chi connectivity index (χ1n) is 7.98. The zero-order valence-electron chi connectivity index (χ0n) is 14.6. The largest absolute Gasteiger partial charge is 0.504 e. The molecule has 1 aromatic carbocycles. The monoisotopic (exact) mass is 354 g/mol. The van der Waals surface area contributed by atoms with Crippen molar-refractivity contribution in [1.82, 2.24) is 25.0 Å². The van der Waals surface area contributed by atoms with Gasteiger partial charge in [0.2, 0.25) is 5.82 Å². The molecule has 0 unspecified atom stereocenters. The Labute approximate surface area is 149 Å². The number of phenolic OH excluding ortho intramolecular Hbond substituents is 1. The Morgan fingerprint density at radius 2 is 2.15 bits per heavy atom. The number of aromatic hydroxyl groups is 1. The predicted molar refractivity (Wildman–Crippen MR) is 94.6 cm³/mol. The number of carbonyl (C=O) groups excluding carboxylic acids is 1. The van der Waals surface area contributed by atoms with Crippen molar-refractivity contribution in [3.05, 3.63) is 47.0 Å². The molecule has 26 heavy (non-hydrogen) atoms. The van der Waals surface area contributed by atoms with Gasteiger partial charge < -0.3 is 9.84 Å². The van der Waals surface area contributed by atoms with Crippen molar-refractivity contribution in [2.75, 3.05) is 6.61 Å². The summed E-state index contributed by atoms with van der Waals surface area (Å²) in [4.78, 5) is 20.5. The molecular formula is C17H18N6O3. The molecule has 134 valence electrons. The molecule has 0 aliphatic rings. The van der Waals surface area contributed by atoms with Gasteiger partial charge in [-0.3, -0.25) is 4.79 Å². The fourth-order valence-electron chi connectivity index (χ4n) is 2.36. The zero-order chi connectivity index (χ0) is 18.7. The Bertz CT molecular complexity index is 996. The van der Waals surface area contributed by atoms with Gasteiger partial charge in [-0.05, 0) is 50.6 Å². The molecule has 0 saturated heterocycles. The highest BCUT2D eigenvalue weighted by Crippen LogP contribution is 2.26. The van der Waals surface area contributed by atoms with Crippen LogP contribution in [0.1, 0.15) is 34.5 Å². The molecule has 9 heteroatoms. The van der Waals surface area contributed by atoms with Crippen LogP contribution in [0.15, 0.2) is 29.4 Å². The number of benzene rings is 1. The fourth-order valence-corrected chi connectivity index (χ4v) is 2.36. The number of ether oxygens (including phenoxy) is 1. The second-order valence-corrected chi connectivity index (χ2v) is 5.55. The highest BCUT2D eigenvalue weighted by Gasteiger charge is 2.14. The van der Waals surface area contributed by atoms with Gasteiger partial charge in [0.05, 0.1) is 12.8 Å². The van der Waals surface area contributed by atoms with Crippen LogP contribution in [0, 0.1) is 13.8 Å². The lowest BCUT2D eigenvalue weighted by Gasteiger charge is -2.05. The van der Waals surface area contributed by atoms with Crippen molar-refractivity contribution in [3.63, 3.8) is 0 Å². The number of carbonyl (C=O) groups is 1. The highest BCUT2D eigenvalue weighted by molar-refractivity contribution is 5.91. The summed E-state index contributed by atoms with van der Waals surface area (Å²) in [6.07, 6.45) is 1.43. The molecule has 0 saturated carbocycles. The second-order valence-electron chi connectivity index (χ2n) is 5.55. The SMILES string of the molecule is CCOc1cc(/C=N\NC(=O)c2nc3nc(C)cc(C)n3n2)ccc1O. The summed E-state index contributed by atoms with van der Waals surface area (Å²) < 4.78 is 6.80. The van der Waals surface area contributed by atoms with E-state index in [0.29, 0.717) is 23.7 Å². The van der Waals surface area contributed by atoms with Gasteiger partial charge in [-0.15, -0.1) is 5.10 Å². The Morgan fingerprint density at radius 1 is 1.35 bits per heavy atom. The Morgan fingerprint density at radius 3 is 2.92 bits per heavy atom. The Hall–Kier alpha value is -3.49. The Balaban J connectivity index is 1.73. The van der Waals surface area contributed by atoms with E-state index >= 15 is 0 Å². The number of fused-ring (bicyclic) bond motifs is 1. The number of aromatic nitrogens is 4. The van der Waals surface area contributed by atoms with Gasteiger partial charge in [-0.2, -0.15) is 10.1 Å².